The van der Waals surface area contributed by atoms with Gasteiger partial charge in [-0.1, -0.05) is 23.7 Å². The van der Waals surface area contributed by atoms with Crippen LogP contribution in [0.3, 0.4) is 0 Å². The number of pyridine rings is 1. The van der Waals surface area contributed by atoms with Gasteiger partial charge in [-0.3, -0.25) is 4.98 Å². The first-order chi connectivity index (χ1) is 10.2. The fourth-order valence-electron chi connectivity index (χ4n) is 2.27. The van der Waals surface area contributed by atoms with E-state index in [0.29, 0.717) is 5.02 Å². The Bertz CT molecular complexity index is 756. The molecule has 0 fully saturated rings. The third kappa shape index (κ3) is 3.31. The molecule has 0 atom stereocenters. The van der Waals surface area contributed by atoms with E-state index in [1.54, 1.807) is 18.3 Å². The molecule has 2 aromatic carbocycles. The number of aromatic nitrogens is 1. The summed E-state index contributed by atoms with van der Waals surface area (Å²) < 4.78 is 12.8. The number of benzene rings is 2. The molecule has 0 aliphatic rings. The van der Waals surface area contributed by atoms with E-state index in [-0.39, 0.29) is 5.82 Å². The monoisotopic (exact) mass is 300 g/mol. The highest BCUT2D eigenvalue weighted by atomic mass is 35.5. The van der Waals surface area contributed by atoms with E-state index in [1.165, 1.54) is 12.1 Å². The molecule has 0 bridgehead atoms. The van der Waals surface area contributed by atoms with Gasteiger partial charge in [-0.15, -0.1) is 0 Å². The van der Waals surface area contributed by atoms with Gasteiger partial charge in [-0.05, 0) is 48.4 Å². The highest BCUT2D eigenvalue weighted by Crippen LogP contribution is 2.24. The van der Waals surface area contributed by atoms with E-state index in [2.05, 4.69) is 10.3 Å². The highest BCUT2D eigenvalue weighted by molar-refractivity contribution is 6.31. The number of fused-ring (bicyclic) bond motifs is 1. The van der Waals surface area contributed by atoms with Crippen LogP contribution < -0.4 is 5.32 Å². The minimum absolute atomic E-state index is 0.205. The Kier molecular flexibility index (Phi) is 4.02. The minimum atomic E-state index is -0.205. The first kappa shape index (κ1) is 13.8. The van der Waals surface area contributed by atoms with E-state index >= 15 is 0 Å². The van der Waals surface area contributed by atoms with Crippen LogP contribution >= 0.6 is 11.6 Å². The van der Waals surface area contributed by atoms with Gasteiger partial charge in [0.15, 0.2) is 0 Å². The van der Waals surface area contributed by atoms with Crippen molar-refractivity contribution in [3.63, 3.8) is 0 Å². The summed E-state index contributed by atoms with van der Waals surface area (Å²) in [6, 6.07) is 14.2. The van der Waals surface area contributed by atoms with Crippen molar-refractivity contribution in [3.05, 3.63) is 71.1 Å². The lowest BCUT2D eigenvalue weighted by Crippen LogP contribution is -2.05. The van der Waals surface area contributed by atoms with Crippen LogP contribution in [0.25, 0.3) is 10.9 Å². The molecule has 0 saturated carbocycles. The van der Waals surface area contributed by atoms with Gasteiger partial charge in [0.05, 0.1) is 5.52 Å². The summed E-state index contributed by atoms with van der Waals surface area (Å²) in [5, 5.41) is 5.12. The molecule has 0 radical (unpaired) electrons. The van der Waals surface area contributed by atoms with Gasteiger partial charge in [-0.2, -0.15) is 0 Å². The summed E-state index contributed by atoms with van der Waals surface area (Å²) in [5.74, 6) is -0.205. The smallest absolute Gasteiger partial charge is 0.123 e. The third-order valence-corrected chi connectivity index (χ3v) is 3.58. The molecule has 0 aliphatic heterocycles. The van der Waals surface area contributed by atoms with Crippen LogP contribution in [0.4, 0.5) is 10.1 Å². The number of nitrogens with zero attached hydrogens (tertiary/aromatic N) is 1. The second kappa shape index (κ2) is 6.10. The molecule has 1 heterocycles. The SMILES string of the molecule is Fc1ccc(CCNc2ccnc3cc(Cl)ccc23)cc1. The van der Waals surface area contributed by atoms with Gasteiger partial charge in [0, 0.05) is 28.8 Å². The van der Waals surface area contributed by atoms with Gasteiger partial charge in [-0.25, -0.2) is 4.39 Å². The maximum absolute atomic E-state index is 12.8. The van der Waals surface area contributed by atoms with Crippen LogP contribution in [0, 0.1) is 5.82 Å². The molecular formula is C17H14ClFN2. The lowest BCUT2D eigenvalue weighted by atomic mass is 10.1. The Labute approximate surface area is 127 Å². The maximum Gasteiger partial charge on any atom is 0.123 e. The fourth-order valence-corrected chi connectivity index (χ4v) is 2.43. The molecule has 2 nitrogen and oxygen atoms in total. The predicted molar refractivity (Wildman–Crippen MR) is 85.3 cm³/mol. The first-order valence-corrected chi connectivity index (χ1v) is 7.13. The summed E-state index contributed by atoms with van der Waals surface area (Å²) in [6.45, 7) is 0.771. The Balaban J connectivity index is 1.72. The minimum Gasteiger partial charge on any atom is -0.384 e. The van der Waals surface area contributed by atoms with E-state index in [9.17, 15) is 4.39 Å². The van der Waals surface area contributed by atoms with Gasteiger partial charge < -0.3 is 5.32 Å². The van der Waals surface area contributed by atoms with Crippen molar-refractivity contribution >= 4 is 28.2 Å². The fraction of sp³-hybridized carbons (Fsp3) is 0.118. The Morgan fingerprint density at radius 3 is 2.67 bits per heavy atom. The topological polar surface area (TPSA) is 24.9 Å². The molecule has 0 spiro atoms. The standard InChI is InChI=1S/C17H14ClFN2/c18-13-3-6-15-16(8-10-21-17(15)11-13)20-9-7-12-1-4-14(19)5-2-12/h1-6,8,10-11H,7,9H2,(H,20,21). The number of halogens is 2. The number of nitrogens with one attached hydrogen (secondary N) is 1. The van der Waals surface area contributed by atoms with Crippen LogP contribution in [0.1, 0.15) is 5.56 Å². The molecule has 0 unspecified atom stereocenters. The number of hydrogen-bond donors (Lipinski definition) is 1. The molecule has 1 N–H and O–H groups in total. The summed E-state index contributed by atoms with van der Waals surface area (Å²) in [4.78, 5) is 4.31. The molecule has 0 amide bonds. The molecule has 106 valence electrons. The highest BCUT2D eigenvalue weighted by Gasteiger charge is 2.02. The van der Waals surface area contributed by atoms with E-state index in [4.69, 9.17) is 11.6 Å². The number of hydrogen-bond acceptors (Lipinski definition) is 2. The van der Waals surface area contributed by atoms with Crippen molar-refractivity contribution < 1.29 is 4.39 Å². The molecule has 4 heteroatoms. The second-order valence-corrected chi connectivity index (χ2v) is 5.26. The van der Waals surface area contributed by atoms with Gasteiger partial charge in [0.2, 0.25) is 0 Å². The zero-order chi connectivity index (χ0) is 14.7. The van der Waals surface area contributed by atoms with Gasteiger partial charge >= 0.3 is 0 Å². The summed E-state index contributed by atoms with van der Waals surface area (Å²) in [5.41, 5.74) is 3.00. The van der Waals surface area contributed by atoms with Crippen molar-refractivity contribution in [2.75, 3.05) is 11.9 Å². The zero-order valence-corrected chi connectivity index (χ0v) is 12.1. The zero-order valence-electron chi connectivity index (χ0n) is 11.3. The normalized spacial score (nSPS) is 10.8. The molecule has 0 saturated heterocycles. The average Bonchev–Trinajstić information content (AvgIpc) is 2.49. The maximum atomic E-state index is 12.8. The van der Waals surface area contributed by atoms with Gasteiger partial charge in [0.1, 0.15) is 5.82 Å². The van der Waals surface area contributed by atoms with Crippen LogP contribution in [0.2, 0.25) is 5.02 Å². The van der Waals surface area contributed by atoms with Crippen molar-refractivity contribution in [1.29, 1.82) is 0 Å². The van der Waals surface area contributed by atoms with Crippen molar-refractivity contribution in [2.24, 2.45) is 0 Å². The predicted octanol–water partition coefficient (Wildman–Crippen LogP) is 4.68. The second-order valence-electron chi connectivity index (χ2n) is 4.82. The summed E-state index contributed by atoms with van der Waals surface area (Å²) in [7, 11) is 0. The molecule has 0 aliphatic carbocycles. The van der Waals surface area contributed by atoms with Crippen molar-refractivity contribution in [1.82, 2.24) is 4.98 Å². The quantitative estimate of drug-likeness (QED) is 0.756. The third-order valence-electron chi connectivity index (χ3n) is 3.35. The summed E-state index contributed by atoms with van der Waals surface area (Å²) >= 11 is 5.98. The Morgan fingerprint density at radius 2 is 1.86 bits per heavy atom. The lowest BCUT2D eigenvalue weighted by Gasteiger charge is -2.09. The molecule has 3 rings (SSSR count). The van der Waals surface area contributed by atoms with Crippen molar-refractivity contribution in [3.8, 4) is 0 Å². The van der Waals surface area contributed by atoms with Crippen LogP contribution in [-0.4, -0.2) is 11.5 Å². The number of rotatable bonds is 4. The number of anilines is 1. The largest absolute Gasteiger partial charge is 0.384 e. The van der Waals surface area contributed by atoms with E-state index < -0.39 is 0 Å². The van der Waals surface area contributed by atoms with E-state index in [1.807, 2.05) is 24.3 Å². The molecule has 1 aromatic heterocycles. The Hall–Kier alpha value is -2.13. The van der Waals surface area contributed by atoms with Crippen LogP contribution in [-0.2, 0) is 6.42 Å². The van der Waals surface area contributed by atoms with Crippen LogP contribution in [0.5, 0.6) is 0 Å². The first-order valence-electron chi connectivity index (χ1n) is 6.75. The van der Waals surface area contributed by atoms with Crippen molar-refractivity contribution in [2.45, 2.75) is 6.42 Å². The Morgan fingerprint density at radius 1 is 1.05 bits per heavy atom. The summed E-state index contributed by atoms with van der Waals surface area (Å²) in [6.07, 6.45) is 2.59. The van der Waals surface area contributed by atoms with Gasteiger partial charge in [0.25, 0.3) is 0 Å². The molecule has 21 heavy (non-hydrogen) atoms. The lowest BCUT2D eigenvalue weighted by molar-refractivity contribution is 0.627. The molecular weight excluding hydrogens is 287 g/mol. The average molecular weight is 301 g/mol. The van der Waals surface area contributed by atoms with Crippen LogP contribution in [0.15, 0.2) is 54.7 Å². The molecule has 3 aromatic rings. The van der Waals surface area contributed by atoms with E-state index in [0.717, 1.165) is 35.1 Å².